The number of methoxy groups -OCH3 is 1. The number of ether oxygens (including phenoxy) is 1. The highest BCUT2D eigenvalue weighted by Gasteiger charge is 2.13. The lowest BCUT2D eigenvalue weighted by atomic mass is 10.1. The molecule has 0 rings (SSSR count). The molecule has 0 aromatic carbocycles. The molecule has 0 aliphatic carbocycles. The van der Waals surface area contributed by atoms with E-state index in [4.69, 9.17) is 9.84 Å². The molecule has 0 heterocycles. The molecule has 1 atom stereocenters. The van der Waals surface area contributed by atoms with Gasteiger partial charge < -0.3 is 15.2 Å². The first-order chi connectivity index (χ1) is 7.60. The number of aliphatic carboxylic acids is 1. The molecule has 5 nitrogen and oxygen atoms in total. The largest absolute Gasteiger partial charge is 0.481 e. The van der Waals surface area contributed by atoms with Crippen molar-refractivity contribution in [3.8, 4) is 0 Å². The molecule has 1 unspecified atom stereocenters. The molecule has 0 spiro atoms. The normalized spacial score (nSPS) is 12.1. The minimum absolute atomic E-state index is 0.0228. The second-order valence-corrected chi connectivity index (χ2v) is 4.42. The minimum Gasteiger partial charge on any atom is -0.481 e. The van der Waals surface area contributed by atoms with Crippen LogP contribution in [0.4, 0.5) is 0 Å². The van der Waals surface area contributed by atoms with Crippen LogP contribution in [0, 0.1) is 0 Å². The number of carboxylic acids is 1. The maximum atomic E-state index is 11.4. The van der Waals surface area contributed by atoms with Crippen molar-refractivity contribution < 1.29 is 19.4 Å². The summed E-state index contributed by atoms with van der Waals surface area (Å²) >= 11 is 1.47. The smallest absolute Gasteiger partial charge is 0.305 e. The fraction of sp³-hybridized carbons (Fsp3) is 0.800. The Kier molecular flexibility index (Phi) is 9.03. The van der Waals surface area contributed by atoms with E-state index in [1.807, 2.05) is 6.92 Å². The van der Waals surface area contributed by atoms with Crippen LogP contribution in [-0.4, -0.2) is 48.2 Å². The minimum atomic E-state index is -0.890. The van der Waals surface area contributed by atoms with Crippen LogP contribution in [-0.2, 0) is 14.3 Å². The van der Waals surface area contributed by atoms with Gasteiger partial charge in [-0.3, -0.25) is 9.59 Å². The van der Waals surface area contributed by atoms with Crippen molar-refractivity contribution in [2.75, 3.05) is 25.2 Å². The van der Waals surface area contributed by atoms with Gasteiger partial charge >= 0.3 is 5.97 Å². The van der Waals surface area contributed by atoms with E-state index in [0.717, 1.165) is 5.75 Å². The van der Waals surface area contributed by atoms with E-state index in [0.29, 0.717) is 18.8 Å². The van der Waals surface area contributed by atoms with Crippen LogP contribution in [0.5, 0.6) is 0 Å². The Morgan fingerprint density at radius 1 is 1.50 bits per heavy atom. The number of carbonyl (C=O) groups excluding carboxylic acids is 1. The number of carboxylic acid groups (broad SMARTS) is 1. The number of carbonyl (C=O) groups is 2. The van der Waals surface area contributed by atoms with Crippen molar-refractivity contribution in [1.82, 2.24) is 5.32 Å². The van der Waals surface area contributed by atoms with Gasteiger partial charge in [0.2, 0.25) is 5.91 Å². The molecule has 6 heteroatoms. The predicted molar refractivity (Wildman–Crippen MR) is 63.7 cm³/mol. The van der Waals surface area contributed by atoms with Gasteiger partial charge in [-0.05, 0) is 6.42 Å². The van der Waals surface area contributed by atoms with Crippen LogP contribution in [0.2, 0.25) is 0 Å². The third-order valence-corrected chi connectivity index (χ3v) is 2.87. The number of thioether (sulfide) groups is 1. The zero-order chi connectivity index (χ0) is 12.4. The molecular formula is C10H19NO4S. The van der Waals surface area contributed by atoms with Crippen LogP contribution < -0.4 is 5.32 Å². The van der Waals surface area contributed by atoms with Gasteiger partial charge in [-0.25, -0.2) is 0 Å². The van der Waals surface area contributed by atoms with Crippen LogP contribution in [0.1, 0.15) is 19.8 Å². The Bertz CT molecular complexity index is 223. The lowest BCUT2D eigenvalue weighted by molar-refractivity contribution is -0.137. The SMILES string of the molecule is CCC(CC(=O)O)NC(=O)CSCCOC. The second-order valence-electron chi connectivity index (χ2n) is 3.32. The summed E-state index contributed by atoms with van der Waals surface area (Å²) in [5.74, 6) is 0.104. The molecule has 94 valence electrons. The standard InChI is InChI=1S/C10H19NO4S/c1-3-8(6-10(13)14)11-9(12)7-16-5-4-15-2/h8H,3-7H2,1-2H3,(H,11,12)(H,13,14). The van der Waals surface area contributed by atoms with Crippen molar-refractivity contribution in [2.24, 2.45) is 0 Å². The van der Waals surface area contributed by atoms with Gasteiger partial charge in [-0.1, -0.05) is 6.92 Å². The molecule has 0 saturated heterocycles. The van der Waals surface area contributed by atoms with Gasteiger partial charge in [-0.15, -0.1) is 11.8 Å². The van der Waals surface area contributed by atoms with Crippen molar-refractivity contribution >= 4 is 23.6 Å². The summed E-state index contributed by atoms with van der Waals surface area (Å²) in [4.78, 5) is 21.9. The number of nitrogens with one attached hydrogen (secondary N) is 1. The van der Waals surface area contributed by atoms with Crippen molar-refractivity contribution in [3.05, 3.63) is 0 Å². The molecule has 0 aromatic rings. The van der Waals surface area contributed by atoms with Gasteiger partial charge in [0, 0.05) is 18.9 Å². The molecule has 0 fully saturated rings. The Labute approximate surface area is 99.9 Å². The maximum absolute atomic E-state index is 11.4. The monoisotopic (exact) mass is 249 g/mol. The first-order valence-electron chi connectivity index (χ1n) is 5.18. The lowest BCUT2D eigenvalue weighted by Crippen LogP contribution is -2.37. The zero-order valence-corrected chi connectivity index (χ0v) is 10.5. The maximum Gasteiger partial charge on any atom is 0.305 e. The molecule has 1 amide bonds. The van der Waals surface area contributed by atoms with Crippen LogP contribution in [0.3, 0.4) is 0 Å². The summed E-state index contributed by atoms with van der Waals surface area (Å²) in [5, 5.41) is 11.3. The Balaban J connectivity index is 3.70. The van der Waals surface area contributed by atoms with E-state index in [2.05, 4.69) is 5.32 Å². The van der Waals surface area contributed by atoms with E-state index in [1.165, 1.54) is 11.8 Å². The van der Waals surface area contributed by atoms with E-state index in [9.17, 15) is 9.59 Å². The van der Waals surface area contributed by atoms with Gasteiger partial charge in [-0.2, -0.15) is 0 Å². The second kappa shape index (κ2) is 9.47. The number of rotatable bonds is 9. The van der Waals surface area contributed by atoms with Gasteiger partial charge in [0.25, 0.3) is 0 Å². The summed E-state index contributed by atoms with van der Waals surface area (Å²) in [6.45, 7) is 2.47. The summed E-state index contributed by atoms with van der Waals surface area (Å²) in [6.07, 6.45) is 0.603. The molecule has 0 bridgehead atoms. The number of amides is 1. The summed E-state index contributed by atoms with van der Waals surface area (Å²) in [7, 11) is 1.61. The van der Waals surface area contributed by atoms with Crippen LogP contribution >= 0.6 is 11.8 Å². The predicted octanol–water partition coefficient (Wildman–Crippen LogP) is 0.735. The third kappa shape index (κ3) is 8.55. The van der Waals surface area contributed by atoms with Gasteiger partial charge in [0.05, 0.1) is 18.8 Å². The summed E-state index contributed by atoms with van der Waals surface area (Å²) in [6, 6.07) is -0.270. The summed E-state index contributed by atoms with van der Waals surface area (Å²) in [5.41, 5.74) is 0. The first kappa shape index (κ1) is 15.2. The fourth-order valence-electron chi connectivity index (χ4n) is 1.08. The highest BCUT2D eigenvalue weighted by atomic mass is 32.2. The molecule has 0 radical (unpaired) electrons. The lowest BCUT2D eigenvalue weighted by Gasteiger charge is -2.14. The van der Waals surface area contributed by atoms with Crippen molar-refractivity contribution in [1.29, 1.82) is 0 Å². The Hall–Kier alpha value is -0.750. The molecule has 0 saturated carbocycles. The fourth-order valence-corrected chi connectivity index (χ4v) is 1.78. The number of hydrogen-bond acceptors (Lipinski definition) is 4. The average molecular weight is 249 g/mol. The van der Waals surface area contributed by atoms with Crippen LogP contribution in [0.15, 0.2) is 0 Å². The summed E-state index contributed by atoms with van der Waals surface area (Å²) < 4.78 is 4.85. The highest BCUT2D eigenvalue weighted by molar-refractivity contribution is 7.99. The quantitative estimate of drug-likeness (QED) is 0.589. The van der Waals surface area contributed by atoms with Gasteiger partial charge in [0.15, 0.2) is 0 Å². The number of hydrogen-bond donors (Lipinski definition) is 2. The van der Waals surface area contributed by atoms with Crippen LogP contribution in [0.25, 0.3) is 0 Å². The molecule has 16 heavy (non-hydrogen) atoms. The molecule has 2 N–H and O–H groups in total. The molecule has 0 aliphatic rings. The van der Waals surface area contributed by atoms with Crippen molar-refractivity contribution in [2.45, 2.75) is 25.8 Å². The van der Waals surface area contributed by atoms with E-state index < -0.39 is 5.97 Å². The molecular weight excluding hydrogens is 230 g/mol. The van der Waals surface area contributed by atoms with E-state index >= 15 is 0 Å². The van der Waals surface area contributed by atoms with Crippen molar-refractivity contribution in [3.63, 3.8) is 0 Å². The third-order valence-electron chi connectivity index (χ3n) is 1.94. The Morgan fingerprint density at radius 2 is 2.19 bits per heavy atom. The van der Waals surface area contributed by atoms with Gasteiger partial charge in [0.1, 0.15) is 0 Å². The molecule has 0 aromatic heterocycles. The van der Waals surface area contributed by atoms with E-state index in [-0.39, 0.29) is 18.4 Å². The topological polar surface area (TPSA) is 75.6 Å². The Morgan fingerprint density at radius 3 is 2.69 bits per heavy atom. The molecule has 0 aliphatic heterocycles. The van der Waals surface area contributed by atoms with E-state index in [1.54, 1.807) is 7.11 Å². The average Bonchev–Trinajstić information content (AvgIpc) is 2.23. The first-order valence-corrected chi connectivity index (χ1v) is 6.33. The highest BCUT2D eigenvalue weighted by Crippen LogP contribution is 2.02. The zero-order valence-electron chi connectivity index (χ0n) is 9.69.